The molecule has 6 nitrogen and oxygen atoms in total. The average Bonchev–Trinajstić information content (AvgIpc) is 3.09. The summed E-state index contributed by atoms with van der Waals surface area (Å²) >= 11 is 0. The van der Waals surface area contributed by atoms with Crippen LogP contribution in [0, 0.1) is 0 Å². The molecular formula is C21H25N3O3. The first kappa shape index (κ1) is 18.9. The number of ether oxygens (including phenoxy) is 1. The fraction of sp³-hybridized carbons (Fsp3) is 0.381. The van der Waals surface area contributed by atoms with E-state index < -0.39 is 5.97 Å². The molecule has 1 aromatic heterocycles. The summed E-state index contributed by atoms with van der Waals surface area (Å²) in [4.78, 5) is 24.4. The van der Waals surface area contributed by atoms with Crippen LogP contribution in [0.5, 0.6) is 0 Å². The molecule has 1 atom stereocenters. The Morgan fingerprint density at radius 2 is 1.96 bits per heavy atom. The first-order valence-electron chi connectivity index (χ1n) is 9.21. The molecule has 0 spiro atoms. The third-order valence-electron chi connectivity index (χ3n) is 4.90. The van der Waals surface area contributed by atoms with Crippen molar-refractivity contribution in [3.8, 4) is 11.1 Å². The van der Waals surface area contributed by atoms with Gasteiger partial charge in [0.25, 0.3) is 5.91 Å². The summed E-state index contributed by atoms with van der Waals surface area (Å²) in [6.07, 6.45) is 8.57. The van der Waals surface area contributed by atoms with Gasteiger partial charge in [-0.3, -0.25) is 9.48 Å². The molecule has 1 N–H and O–H groups in total. The summed E-state index contributed by atoms with van der Waals surface area (Å²) in [6.45, 7) is 2.03. The number of nitrogens with one attached hydrogen (secondary N) is 1. The van der Waals surface area contributed by atoms with E-state index in [4.69, 9.17) is 4.74 Å². The Balaban J connectivity index is 1.75. The van der Waals surface area contributed by atoms with E-state index >= 15 is 0 Å². The number of esters is 1. The van der Waals surface area contributed by atoms with Gasteiger partial charge in [0.1, 0.15) is 0 Å². The maximum absolute atomic E-state index is 12.5. The van der Waals surface area contributed by atoms with Gasteiger partial charge in [-0.1, -0.05) is 23.8 Å². The number of aryl methyl sites for hydroxylation is 1. The van der Waals surface area contributed by atoms with Crippen LogP contribution >= 0.6 is 0 Å². The largest absolute Gasteiger partial charge is 0.464 e. The van der Waals surface area contributed by atoms with E-state index in [-0.39, 0.29) is 17.6 Å². The average molecular weight is 367 g/mol. The molecule has 0 aliphatic heterocycles. The van der Waals surface area contributed by atoms with Crippen LogP contribution in [0.2, 0.25) is 0 Å². The van der Waals surface area contributed by atoms with Gasteiger partial charge in [-0.25, -0.2) is 4.79 Å². The Morgan fingerprint density at radius 1 is 1.22 bits per heavy atom. The summed E-state index contributed by atoms with van der Waals surface area (Å²) in [5, 5.41) is 7.23. The summed E-state index contributed by atoms with van der Waals surface area (Å²) in [6, 6.07) is 7.22. The van der Waals surface area contributed by atoms with Crippen LogP contribution in [0.4, 0.5) is 0 Å². The first-order valence-corrected chi connectivity index (χ1v) is 9.21. The number of allylic oxidation sites excluding steroid dienone is 1. The van der Waals surface area contributed by atoms with Crippen molar-refractivity contribution < 1.29 is 14.3 Å². The quantitative estimate of drug-likeness (QED) is 0.648. The van der Waals surface area contributed by atoms with Gasteiger partial charge >= 0.3 is 5.97 Å². The molecule has 1 amide bonds. The van der Waals surface area contributed by atoms with Crippen molar-refractivity contribution in [2.45, 2.75) is 38.6 Å². The molecule has 1 aromatic carbocycles. The summed E-state index contributed by atoms with van der Waals surface area (Å²) in [5.74, 6) is -0.582. The number of hydrogen-bond donors (Lipinski definition) is 1. The van der Waals surface area contributed by atoms with Crippen molar-refractivity contribution in [3.63, 3.8) is 0 Å². The number of methoxy groups -OCH3 is 1. The highest BCUT2D eigenvalue weighted by molar-refractivity contribution is 5.97. The molecule has 0 saturated carbocycles. The molecule has 1 aliphatic carbocycles. The zero-order valence-corrected chi connectivity index (χ0v) is 16.0. The first-order chi connectivity index (χ1) is 13.0. The molecule has 3 rings (SSSR count). The fourth-order valence-electron chi connectivity index (χ4n) is 3.38. The smallest absolute Gasteiger partial charge is 0.359 e. The van der Waals surface area contributed by atoms with Crippen molar-refractivity contribution in [1.82, 2.24) is 15.1 Å². The number of amides is 1. The predicted molar refractivity (Wildman–Crippen MR) is 103 cm³/mol. The lowest BCUT2D eigenvalue weighted by atomic mass is 9.94. The second-order valence-electron chi connectivity index (χ2n) is 6.85. The molecule has 2 aromatic rings. The minimum Gasteiger partial charge on any atom is -0.464 e. The van der Waals surface area contributed by atoms with Gasteiger partial charge in [0.05, 0.1) is 7.11 Å². The van der Waals surface area contributed by atoms with E-state index in [1.165, 1.54) is 25.5 Å². The van der Waals surface area contributed by atoms with Crippen LogP contribution in [0.25, 0.3) is 11.1 Å². The molecule has 142 valence electrons. The van der Waals surface area contributed by atoms with Gasteiger partial charge in [0.15, 0.2) is 5.69 Å². The molecular weight excluding hydrogens is 342 g/mol. The van der Waals surface area contributed by atoms with Crippen molar-refractivity contribution in [3.05, 3.63) is 53.4 Å². The van der Waals surface area contributed by atoms with Crippen LogP contribution in [-0.4, -0.2) is 34.8 Å². The van der Waals surface area contributed by atoms with Crippen molar-refractivity contribution in [2.24, 2.45) is 7.05 Å². The summed E-state index contributed by atoms with van der Waals surface area (Å²) < 4.78 is 6.36. The molecule has 0 fully saturated rings. The standard InChI is InChI=1S/C21H25N3O3/c1-14(15-7-5-4-6-8-15)22-20(25)17-11-9-16(10-12-17)18-13-24(2)23-19(18)21(26)27-3/h7,9-14H,4-6,8H2,1-3H3,(H,22,25). The normalized spacial score (nSPS) is 15.0. The maximum atomic E-state index is 12.5. The lowest BCUT2D eigenvalue weighted by Gasteiger charge is -2.21. The van der Waals surface area contributed by atoms with E-state index in [1.54, 1.807) is 30.1 Å². The zero-order valence-electron chi connectivity index (χ0n) is 16.0. The van der Waals surface area contributed by atoms with E-state index in [2.05, 4.69) is 16.5 Å². The predicted octanol–water partition coefficient (Wildman–Crippen LogP) is 3.49. The van der Waals surface area contributed by atoms with Crippen LogP contribution in [-0.2, 0) is 11.8 Å². The molecule has 27 heavy (non-hydrogen) atoms. The fourth-order valence-corrected chi connectivity index (χ4v) is 3.38. The molecule has 1 unspecified atom stereocenters. The molecule has 1 heterocycles. The van der Waals surface area contributed by atoms with E-state index in [1.807, 2.05) is 19.1 Å². The third kappa shape index (κ3) is 4.27. The second kappa shape index (κ2) is 8.20. The number of rotatable bonds is 5. The van der Waals surface area contributed by atoms with Crippen LogP contribution in [0.1, 0.15) is 53.5 Å². The van der Waals surface area contributed by atoms with E-state index in [0.717, 1.165) is 18.4 Å². The minimum atomic E-state index is -0.484. The lowest BCUT2D eigenvalue weighted by Crippen LogP contribution is -2.34. The van der Waals surface area contributed by atoms with Gasteiger partial charge in [-0.15, -0.1) is 0 Å². The van der Waals surface area contributed by atoms with Crippen LogP contribution in [0.15, 0.2) is 42.1 Å². The Kier molecular flexibility index (Phi) is 5.74. The van der Waals surface area contributed by atoms with Crippen molar-refractivity contribution >= 4 is 11.9 Å². The second-order valence-corrected chi connectivity index (χ2v) is 6.85. The number of carbonyl (C=O) groups is 2. The van der Waals surface area contributed by atoms with Crippen LogP contribution in [0.3, 0.4) is 0 Å². The number of carbonyl (C=O) groups excluding carboxylic acids is 2. The Labute approximate surface area is 159 Å². The molecule has 0 saturated heterocycles. The molecule has 1 aliphatic rings. The number of benzene rings is 1. The van der Waals surface area contributed by atoms with E-state index in [9.17, 15) is 9.59 Å². The molecule has 0 radical (unpaired) electrons. The molecule has 0 bridgehead atoms. The van der Waals surface area contributed by atoms with Crippen molar-refractivity contribution in [2.75, 3.05) is 7.11 Å². The third-order valence-corrected chi connectivity index (χ3v) is 4.90. The lowest BCUT2D eigenvalue weighted by molar-refractivity contribution is 0.0594. The SMILES string of the molecule is COC(=O)c1nn(C)cc1-c1ccc(C(=O)NC(C)C2=CCCCC2)cc1. The minimum absolute atomic E-state index is 0.0433. The Hall–Kier alpha value is -2.89. The number of aromatic nitrogens is 2. The van der Waals surface area contributed by atoms with E-state index in [0.29, 0.717) is 11.1 Å². The maximum Gasteiger partial charge on any atom is 0.359 e. The summed E-state index contributed by atoms with van der Waals surface area (Å²) in [5.41, 5.74) is 3.64. The topological polar surface area (TPSA) is 73.2 Å². The van der Waals surface area contributed by atoms with Crippen molar-refractivity contribution in [1.29, 1.82) is 0 Å². The number of nitrogens with zero attached hydrogens (tertiary/aromatic N) is 2. The van der Waals surface area contributed by atoms with Gasteiger partial charge < -0.3 is 10.1 Å². The monoisotopic (exact) mass is 367 g/mol. The summed E-state index contributed by atoms with van der Waals surface area (Å²) in [7, 11) is 3.08. The van der Waals surface area contributed by atoms with Gasteiger partial charge in [0, 0.05) is 30.4 Å². The van der Waals surface area contributed by atoms with Gasteiger partial charge in [-0.2, -0.15) is 5.10 Å². The van der Waals surface area contributed by atoms with Gasteiger partial charge in [-0.05, 0) is 50.3 Å². The number of hydrogen-bond acceptors (Lipinski definition) is 4. The highest BCUT2D eigenvalue weighted by Gasteiger charge is 2.19. The highest BCUT2D eigenvalue weighted by Crippen LogP contribution is 2.24. The van der Waals surface area contributed by atoms with Crippen LogP contribution < -0.4 is 5.32 Å². The Morgan fingerprint density at radius 3 is 2.59 bits per heavy atom. The zero-order chi connectivity index (χ0) is 19.4. The van der Waals surface area contributed by atoms with Gasteiger partial charge in [0.2, 0.25) is 0 Å². The Bertz CT molecular complexity index is 865. The highest BCUT2D eigenvalue weighted by atomic mass is 16.5. The molecule has 6 heteroatoms.